The third-order valence-corrected chi connectivity index (χ3v) is 0.750. The molecule has 0 rings (SSSR count). The molecule has 0 heterocycles. The van der Waals surface area contributed by atoms with E-state index in [1.165, 1.54) is 0 Å². The van der Waals surface area contributed by atoms with Crippen molar-refractivity contribution in [2.75, 3.05) is 0 Å². The number of rotatable bonds is 2. The van der Waals surface area contributed by atoms with Crippen molar-refractivity contribution >= 4 is 9.38 Å². The summed E-state index contributed by atoms with van der Waals surface area (Å²) in [5, 5.41) is 0. The van der Waals surface area contributed by atoms with Crippen LogP contribution in [0.2, 0.25) is 12.5 Å². The van der Waals surface area contributed by atoms with E-state index in [0.717, 1.165) is 6.55 Å². The highest BCUT2D eigenvalue weighted by atomic mass is 28.2. The first kappa shape index (κ1) is 0.643. The second-order valence-corrected chi connectivity index (χ2v) is 1.50. The minimum Gasteiger partial charge on any atom is -0.0748 e. The molecule has 0 saturated heterocycles. The van der Waals surface area contributed by atoms with Gasteiger partial charge >= 0.3 is 0 Å². The quantitative estimate of drug-likeness (QED) is 0.473. The molecule has 0 bridgehead atoms. The van der Waals surface area contributed by atoms with Gasteiger partial charge in [-0.2, -0.15) is 0 Å². The summed E-state index contributed by atoms with van der Waals surface area (Å²) in [6.45, 7) is -6.04. The highest BCUT2D eigenvalue weighted by Gasteiger charge is 1.86. The van der Waals surface area contributed by atoms with Gasteiger partial charge in [-0.05, 0) is 0 Å². The highest BCUT2D eigenvalue weighted by molar-refractivity contribution is 6.33. The molecule has 1 heteroatoms. The van der Waals surface area contributed by atoms with E-state index >= 15 is 0 Å². The average Bonchev–Trinajstić information content (AvgIpc) is 1.95. The largest absolute Gasteiger partial charge is 0.0748 e. The minimum atomic E-state index is -4.31. The fourth-order valence-electron chi connectivity index (χ4n) is 0.125. The summed E-state index contributed by atoms with van der Waals surface area (Å²) < 4.78 is 79.7. The Morgan fingerprint density at radius 1 is 2.33 bits per heavy atom. The number of hydrogen-bond donors (Lipinski definition) is 0. The molecule has 0 aromatic heterocycles. The third kappa shape index (κ3) is 4.22. The zero-order valence-electron chi connectivity index (χ0n) is 14.5. The Kier molecular flexibility index (Phi) is 0.365. The smallest absolute Gasteiger partial charge is 0.0294 e. The monoisotopic (exact) mass is 113 g/mol. The topological polar surface area (TPSA) is 0 Å². The Morgan fingerprint density at radius 2 is 3.00 bits per heavy atom. The van der Waals surface area contributed by atoms with Gasteiger partial charge in [0.1, 0.15) is 0 Å². The molecule has 38 valence electrons. The van der Waals surface area contributed by atoms with Gasteiger partial charge in [0.15, 0.2) is 0 Å². The molecule has 0 spiro atoms. The second kappa shape index (κ2) is 3.41. The molecule has 0 aromatic rings. The zero-order valence-corrected chi connectivity index (χ0v) is 4.50. The predicted molar refractivity (Wildman–Crippen MR) is 34.1 cm³/mol. The molecule has 6 heavy (non-hydrogen) atoms. The summed E-state index contributed by atoms with van der Waals surface area (Å²) in [5.41, 5.74) is 0. The summed E-state index contributed by atoms with van der Waals surface area (Å²) in [5.74, 6) is -6.70. The van der Waals surface area contributed by atoms with Crippen LogP contribution in [0.25, 0.3) is 0 Å². The molecule has 0 saturated carbocycles. The first-order chi connectivity index (χ1) is 7.00. The van der Waals surface area contributed by atoms with Crippen LogP contribution in [0.1, 0.15) is 26.0 Å². The molecular formula is C5H14Si. The summed E-state index contributed by atoms with van der Waals surface area (Å²) >= 11 is 0. The maximum absolute atomic E-state index is 7.58. The molecule has 0 nitrogen and oxygen atoms in total. The van der Waals surface area contributed by atoms with Gasteiger partial charge in [0, 0.05) is 24.2 Å². The van der Waals surface area contributed by atoms with Crippen LogP contribution in [0.15, 0.2) is 0 Å². The Bertz CT molecular complexity index is 266. The molecule has 0 aliphatic heterocycles. The van der Waals surface area contributed by atoms with Crippen LogP contribution in [0.3, 0.4) is 0 Å². The van der Waals surface area contributed by atoms with Crippen molar-refractivity contribution in [3.63, 3.8) is 0 Å². The van der Waals surface area contributed by atoms with Crippen LogP contribution >= 0.6 is 0 Å². The van der Waals surface area contributed by atoms with E-state index in [2.05, 4.69) is 0 Å². The van der Waals surface area contributed by atoms with Crippen molar-refractivity contribution in [3.8, 4) is 0 Å². The van der Waals surface area contributed by atoms with E-state index in [1.807, 2.05) is 0 Å². The van der Waals surface area contributed by atoms with Crippen LogP contribution in [0.4, 0.5) is 0 Å². The van der Waals surface area contributed by atoms with Crippen LogP contribution in [-0.2, 0) is 0 Å². The van der Waals surface area contributed by atoms with Gasteiger partial charge in [-0.15, -0.1) is 0 Å². The van der Waals surface area contributed by atoms with Crippen molar-refractivity contribution in [2.45, 2.75) is 26.2 Å². The van der Waals surface area contributed by atoms with E-state index in [9.17, 15) is 0 Å². The Labute approximate surface area is 57.9 Å². The van der Waals surface area contributed by atoms with E-state index in [0.29, 0.717) is 0 Å². The molecule has 0 radical (unpaired) electrons. The summed E-state index contributed by atoms with van der Waals surface area (Å²) in [7, 11) is -4.31. The van der Waals surface area contributed by atoms with E-state index in [1.54, 1.807) is 0 Å². The van der Waals surface area contributed by atoms with Gasteiger partial charge in [0.05, 0.1) is 0 Å². The van der Waals surface area contributed by atoms with Gasteiger partial charge < -0.3 is 0 Å². The van der Waals surface area contributed by atoms with Crippen LogP contribution in [0, 0.1) is 5.89 Å². The molecule has 0 N–H and O–H groups in total. The van der Waals surface area contributed by atoms with E-state index < -0.39 is 35.0 Å². The summed E-state index contributed by atoms with van der Waals surface area (Å²) in [4.78, 5) is 0. The lowest BCUT2D eigenvalue weighted by atomic mass is 10.3. The molecule has 0 aromatic carbocycles. The highest BCUT2D eigenvalue weighted by Crippen LogP contribution is 1.96. The molecule has 0 aliphatic carbocycles. The maximum Gasteiger partial charge on any atom is 0.0294 e. The minimum absolute atomic E-state index is 0.855. The Hall–Kier alpha value is 0.217. The normalized spacial score (nSPS) is 47.8. The lowest BCUT2D eigenvalue weighted by Gasteiger charge is -1.95. The van der Waals surface area contributed by atoms with E-state index in [-0.39, 0.29) is 0 Å². The van der Waals surface area contributed by atoms with Crippen LogP contribution in [0.5, 0.6) is 0 Å². The van der Waals surface area contributed by atoms with E-state index in [4.69, 9.17) is 14.8 Å². The molecule has 0 aliphatic rings. The first-order valence-electron chi connectivity index (χ1n) is 7.00. The SMILES string of the molecule is [2H]C([2H])([2H])C([2H])(C([2H])([2H])[2H])C([2H])([2H])[Si]([2H])([2H])C. The van der Waals surface area contributed by atoms with Gasteiger partial charge in [-0.25, -0.2) is 0 Å². The summed E-state index contributed by atoms with van der Waals surface area (Å²) in [6.07, 6.45) is 0. The molecule has 0 fully saturated rings. The third-order valence-electron chi connectivity index (χ3n) is 0.250. The van der Waals surface area contributed by atoms with Crippen molar-refractivity contribution in [2.24, 2.45) is 5.89 Å². The fourth-order valence-corrected chi connectivity index (χ4v) is 0.375. The summed E-state index contributed by atoms with van der Waals surface area (Å²) in [6, 6.07) is 0. The van der Waals surface area contributed by atoms with Crippen molar-refractivity contribution in [1.29, 1.82) is 2.47 Å². The Balaban J connectivity index is 6.04. The fraction of sp³-hybridized carbons (Fsp3) is 1.00. The van der Waals surface area contributed by atoms with Crippen molar-refractivity contribution in [1.82, 2.24) is 0 Å². The van der Waals surface area contributed by atoms with Crippen molar-refractivity contribution < 1.29 is 12.3 Å². The maximum atomic E-state index is 7.58. The Morgan fingerprint density at radius 3 is 3.17 bits per heavy atom. The van der Waals surface area contributed by atoms with Gasteiger partial charge in [-0.1, -0.05) is 32.1 Å². The molecule has 0 unspecified atom stereocenters. The number of hydrogen-bond acceptors (Lipinski definition) is 0. The van der Waals surface area contributed by atoms with Crippen LogP contribution < -0.4 is 0 Å². The average molecular weight is 113 g/mol. The standard InChI is InChI=1S/C5H14Si/c1-5(2)4-6-3/h5H,4,6H2,1-3H3/i1D3,2D3,4D2,5D,6D2. The molecular weight excluding hydrogens is 88.1 g/mol. The van der Waals surface area contributed by atoms with Crippen molar-refractivity contribution in [3.05, 3.63) is 0 Å². The van der Waals surface area contributed by atoms with Gasteiger partial charge in [-0.3, -0.25) is 0 Å². The van der Waals surface area contributed by atoms with Gasteiger partial charge in [0.2, 0.25) is 0 Å². The zero-order chi connectivity index (χ0) is 14.5. The first-order valence-corrected chi connectivity index (χ1v) is 3.00. The van der Waals surface area contributed by atoms with Crippen LogP contribution in [-0.4, -0.2) is 11.9 Å². The predicted octanol–water partition coefficient (Wildman–Crippen LogP) is 1.28. The molecule has 0 amide bonds. The lowest BCUT2D eigenvalue weighted by molar-refractivity contribution is 0.731. The lowest BCUT2D eigenvalue weighted by Crippen LogP contribution is -1.88. The second-order valence-electron chi connectivity index (χ2n) is 0.750. The molecule has 0 atom stereocenters. The van der Waals surface area contributed by atoms with Gasteiger partial charge in [0.25, 0.3) is 0 Å².